The molecule has 0 bridgehead atoms. The zero-order valence-electron chi connectivity index (χ0n) is 11.3. The standard InChI is InChI=1S/C10H22N4O4S2/c11-13-9(15)7-19-5-3-17-1-2-18-4-6-20-8-10(16)14-12/h1-8,11-12H2,(H,13,15)(H,14,16). The highest BCUT2D eigenvalue weighted by Crippen LogP contribution is 1.99. The molecular formula is C10H22N4O4S2. The van der Waals surface area contributed by atoms with Crippen LogP contribution in [-0.2, 0) is 19.1 Å². The van der Waals surface area contributed by atoms with Crippen LogP contribution in [-0.4, -0.2) is 61.3 Å². The van der Waals surface area contributed by atoms with E-state index in [0.717, 1.165) is 11.5 Å². The van der Waals surface area contributed by atoms with Crippen LogP contribution in [0.3, 0.4) is 0 Å². The van der Waals surface area contributed by atoms with Gasteiger partial charge in [-0.15, -0.1) is 23.5 Å². The van der Waals surface area contributed by atoms with Crippen molar-refractivity contribution in [1.29, 1.82) is 0 Å². The Morgan fingerprint density at radius 2 is 1.20 bits per heavy atom. The maximum atomic E-state index is 10.8. The third-order valence-corrected chi connectivity index (χ3v) is 3.75. The number of hydrogen-bond donors (Lipinski definition) is 4. The first-order chi connectivity index (χ1) is 9.70. The Hall–Kier alpha value is -0.520. The van der Waals surface area contributed by atoms with Gasteiger partial charge in [0.25, 0.3) is 0 Å². The molecule has 0 heterocycles. The molecular weight excluding hydrogens is 304 g/mol. The highest BCUT2D eigenvalue weighted by Gasteiger charge is 1.99. The Bertz CT molecular complexity index is 246. The topological polar surface area (TPSA) is 129 Å². The fraction of sp³-hybridized carbons (Fsp3) is 0.800. The summed E-state index contributed by atoms with van der Waals surface area (Å²) >= 11 is 2.91. The normalized spacial score (nSPS) is 10.3. The molecule has 0 aromatic rings. The van der Waals surface area contributed by atoms with E-state index < -0.39 is 0 Å². The van der Waals surface area contributed by atoms with Crippen molar-refractivity contribution in [3.05, 3.63) is 0 Å². The summed E-state index contributed by atoms with van der Waals surface area (Å²) in [7, 11) is 0. The van der Waals surface area contributed by atoms with Crippen LogP contribution in [0.25, 0.3) is 0 Å². The Labute approximate surface area is 127 Å². The Kier molecular flexibility index (Phi) is 14.5. The molecule has 0 radical (unpaired) electrons. The molecule has 0 atom stereocenters. The fourth-order valence-electron chi connectivity index (χ4n) is 0.971. The van der Waals surface area contributed by atoms with E-state index in [9.17, 15) is 9.59 Å². The Morgan fingerprint density at radius 1 is 0.800 bits per heavy atom. The van der Waals surface area contributed by atoms with Crippen molar-refractivity contribution < 1.29 is 19.1 Å². The molecule has 6 N–H and O–H groups in total. The van der Waals surface area contributed by atoms with Gasteiger partial charge in [0.2, 0.25) is 11.8 Å². The molecule has 0 aliphatic heterocycles. The van der Waals surface area contributed by atoms with E-state index in [0.29, 0.717) is 37.9 Å². The molecule has 8 nitrogen and oxygen atoms in total. The van der Waals surface area contributed by atoms with Gasteiger partial charge in [0.15, 0.2) is 0 Å². The second-order valence-electron chi connectivity index (χ2n) is 3.46. The number of hydrazine groups is 2. The number of thioether (sulfide) groups is 2. The van der Waals surface area contributed by atoms with Crippen LogP contribution < -0.4 is 22.5 Å². The third-order valence-electron chi connectivity index (χ3n) is 1.90. The lowest BCUT2D eigenvalue weighted by atomic mass is 10.7. The second kappa shape index (κ2) is 14.9. The average molecular weight is 326 g/mol. The van der Waals surface area contributed by atoms with Crippen molar-refractivity contribution in [1.82, 2.24) is 10.9 Å². The third kappa shape index (κ3) is 13.9. The van der Waals surface area contributed by atoms with Crippen LogP contribution in [0.15, 0.2) is 0 Å². The number of carbonyl (C=O) groups excluding carboxylic acids is 2. The lowest BCUT2D eigenvalue weighted by molar-refractivity contribution is -0.119. The van der Waals surface area contributed by atoms with Gasteiger partial charge in [-0.2, -0.15) is 0 Å². The summed E-state index contributed by atoms with van der Waals surface area (Å²) in [5.41, 5.74) is 4.11. The highest BCUT2D eigenvalue weighted by atomic mass is 32.2. The maximum absolute atomic E-state index is 10.8. The number of rotatable bonds is 13. The molecule has 0 aliphatic carbocycles. The van der Waals surface area contributed by atoms with Crippen LogP contribution in [0.5, 0.6) is 0 Å². The summed E-state index contributed by atoms with van der Waals surface area (Å²) in [6.45, 7) is 2.16. The maximum Gasteiger partial charge on any atom is 0.243 e. The summed E-state index contributed by atoms with van der Waals surface area (Å²) in [4.78, 5) is 21.6. The van der Waals surface area contributed by atoms with Crippen molar-refractivity contribution >= 4 is 35.3 Å². The van der Waals surface area contributed by atoms with Crippen LogP contribution >= 0.6 is 23.5 Å². The lowest BCUT2D eigenvalue weighted by Crippen LogP contribution is -2.31. The summed E-state index contributed by atoms with van der Waals surface area (Å²) in [6.07, 6.45) is 0. The van der Waals surface area contributed by atoms with Crippen molar-refractivity contribution in [2.75, 3.05) is 49.4 Å². The van der Waals surface area contributed by atoms with Crippen LogP contribution in [0, 0.1) is 0 Å². The first-order valence-corrected chi connectivity index (χ1v) is 8.31. The van der Waals surface area contributed by atoms with Gasteiger partial charge in [0.1, 0.15) is 0 Å². The molecule has 2 amide bonds. The molecule has 0 unspecified atom stereocenters. The van der Waals surface area contributed by atoms with Gasteiger partial charge in [-0.3, -0.25) is 20.4 Å². The predicted molar refractivity (Wildman–Crippen MR) is 80.9 cm³/mol. The zero-order valence-corrected chi connectivity index (χ0v) is 12.9. The molecule has 0 saturated carbocycles. The smallest absolute Gasteiger partial charge is 0.243 e. The molecule has 0 rings (SSSR count). The molecule has 0 aromatic heterocycles. The quantitative estimate of drug-likeness (QED) is 0.139. The Balaban J connectivity index is 3.06. The van der Waals surface area contributed by atoms with Crippen molar-refractivity contribution in [2.45, 2.75) is 0 Å². The minimum Gasteiger partial charge on any atom is -0.378 e. The van der Waals surface area contributed by atoms with E-state index in [4.69, 9.17) is 21.2 Å². The highest BCUT2D eigenvalue weighted by molar-refractivity contribution is 8.00. The van der Waals surface area contributed by atoms with Crippen LogP contribution in [0.2, 0.25) is 0 Å². The minimum atomic E-state index is -0.195. The second-order valence-corrected chi connectivity index (χ2v) is 5.68. The average Bonchev–Trinajstić information content (AvgIpc) is 2.47. The molecule has 20 heavy (non-hydrogen) atoms. The molecule has 0 aliphatic rings. The van der Waals surface area contributed by atoms with Crippen molar-refractivity contribution in [2.24, 2.45) is 11.7 Å². The number of hydrogen-bond acceptors (Lipinski definition) is 8. The summed E-state index contributed by atoms with van der Waals surface area (Å²) in [5, 5.41) is 0. The lowest BCUT2D eigenvalue weighted by Gasteiger charge is -2.05. The minimum absolute atomic E-state index is 0.195. The molecule has 118 valence electrons. The molecule has 0 spiro atoms. The van der Waals surface area contributed by atoms with E-state index in [2.05, 4.69) is 10.9 Å². The van der Waals surface area contributed by atoms with Gasteiger partial charge < -0.3 is 9.47 Å². The van der Waals surface area contributed by atoms with E-state index in [-0.39, 0.29) is 11.8 Å². The van der Waals surface area contributed by atoms with Crippen LogP contribution in [0.1, 0.15) is 0 Å². The molecule has 0 aromatic carbocycles. The number of ether oxygens (including phenoxy) is 2. The van der Waals surface area contributed by atoms with E-state index in [1.165, 1.54) is 23.5 Å². The monoisotopic (exact) mass is 326 g/mol. The van der Waals surface area contributed by atoms with Gasteiger partial charge in [0.05, 0.1) is 37.9 Å². The van der Waals surface area contributed by atoms with Gasteiger partial charge in [-0.25, -0.2) is 11.7 Å². The largest absolute Gasteiger partial charge is 0.378 e. The van der Waals surface area contributed by atoms with E-state index >= 15 is 0 Å². The first-order valence-electron chi connectivity index (χ1n) is 6.00. The number of amides is 2. The van der Waals surface area contributed by atoms with Gasteiger partial charge in [0, 0.05) is 11.5 Å². The number of nitrogens with two attached hydrogens (primary N) is 2. The Morgan fingerprint density at radius 3 is 1.55 bits per heavy atom. The van der Waals surface area contributed by atoms with Gasteiger partial charge in [-0.1, -0.05) is 0 Å². The van der Waals surface area contributed by atoms with E-state index in [1.807, 2.05) is 0 Å². The molecule has 0 saturated heterocycles. The van der Waals surface area contributed by atoms with Crippen molar-refractivity contribution in [3.8, 4) is 0 Å². The molecule has 10 heteroatoms. The fourth-order valence-corrected chi connectivity index (χ4v) is 2.27. The zero-order chi connectivity index (χ0) is 15.1. The SMILES string of the molecule is NNC(=O)CSCCOCCOCCSCC(=O)NN. The number of carbonyl (C=O) groups is 2. The van der Waals surface area contributed by atoms with Gasteiger partial charge >= 0.3 is 0 Å². The summed E-state index contributed by atoms with van der Waals surface area (Å²) in [6, 6.07) is 0. The summed E-state index contributed by atoms with van der Waals surface area (Å²) < 4.78 is 10.6. The van der Waals surface area contributed by atoms with Crippen LogP contribution in [0.4, 0.5) is 0 Å². The van der Waals surface area contributed by atoms with Crippen molar-refractivity contribution in [3.63, 3.8) is 0 Å². The predicted octanol–water partition coefficient (Wildman–Crippen LogP) is -1.53. The number of nitrogens with one attached hydrogen (secondary N) is 2. The first kappa shape index (κ1) is 19.5. The van der Waals surface area contributed by atoms with Gasteiger partial charge in [-0.05, 0) is 0 Å². The summed E-state index contributed by atoms with van der Waals surface area (Å²) in [5.74, 6) is 11.6. The van der Waals surface area contributed by atoms with E-state index in [1.54, 1.807) is 0 Å². The molecule has 0 fully saturated rings.